The summed E-state index contributed by atoms with van der Waals surface area (Å²) in [5, 5.41) is 8.87. The van der Waals surface area contributed by atoms with Gasteiger partial charge >= 0.3 is 0 Å². The molecule has 4 rings (SSSR count). The van der Waals surface area contributed by atoms with E-state index in [1.54, 1.807) is 17.0 Å². The van der Waals surface area contributed by atoms with Crippen molar-refractivity contribution in [1.82, 2.24) is 24.6 Å². The molecule has 0 bridgehead atoms. The number of nitrogens with zero attached hydrogens (tertiary/aromatic N) is 4. The maximum atomic E-state index is 13.2. The average molecular weight is 548 g/mol. The lowest BCUT2D eigenvalue weighted by Gasteiger charge is -2.11. The number of aromatic amines is 1. The largest absolute Gasteiger partial charge is 0.325 e. The topological polar surface area (TPSA) is 95.9 Å². The highest BCUT2D eigenvalue weighted by molar-refractivity contribution is 6.40. The number of H-pyrrole nitrogens is 1. The van der Waals surface area contributed by atoms with Gasteiger partial charge in [0.1, 0.15) is 16.9 Å². The summed E-state index contributed by atoms with van der Waals surface area (Å²) in [6, 6.07) is 10.5. The summed E-state index contributed by atoms with van der Waals surface area (Å²) in [7, 11) is 3.66. The van der Waals surface area contributed by atoms with Crippen molar-refractivity contribution in [1.29, 1.82) is 0 Å². The van der Waals surface area contributed by atoms with E-state index in [4.69, 9.17) is 39.8 Å². The van der Waals surface area contributed by atoms with Crippen molar-refractivity contribution in [2.45, 2.75) is 26.2 Å². The number of amides is 1. The van der Waals surface area contributed by atoms with E-state index in [9.17, 15) is 9.59 Å². The summed E-state index contributed by atoms with van der Waals surface area (Å²) in [6.45, 7) is 4.19. The molecule has 2 aromatic carbocycles. The highest BCUT2D eigenvalue weighted by Crippen LogP contribution is 2.34. The summed E-state index contributed by atoms with van der Waals surface area (Å²) in [6.07, 6.45) is 0.362. The van der Waals surface area contributed by atoms with Gasteiger partial charge in [0, 0.05) is 17.1 Å². The Labute approximate surface area is 223 Å². The number of fused-ring (bicyclic) bond motifs is 1. The normalized spacial score (nSPS) is 11.6. The summed E-state index contributed by atoms with van der Waals surface area (Å²) < 4.78 is 1.51. The Balaban J connectivity index is 1.73. The first-order valence-electron chi connectivity index (χ1n) is 11.2. The van der Waals surface area contributed by atoms with Crippen LogP contribution in [0, 0.1) is 0 Å². The number of carbonyl (C=O) groups excluding carboxylic acids is 1. The molecule has 0 aliphatic rings. The van der Waals surface area contributed by atoms with Crippen molar-refractivity contribution in [2.75, 3.05) is 26.0 Å². The lowest BCUT2D eigenvalue weighted by molar-refractivity contribution is -0.116. The predicted octanol–water partition coefficient (Wildman–Crippen LogP) is 5.28. The van der Waals surface area contributed by atoms with Crippen molar-refractivity contribution < 1.29 is 4.79 Å². The summed E-state index contributed by atoms with van der Waals surface area (Å²) in [4.78, 5) is 34.6. The molecule has 2 heterocycles. The second-order valence-electron chi connectivity index (χ2n) is 9.04. The van der Waals surface area contributed by atoms with Crippen LogP contribution in [-0.4, -0.2) is 51.2 Å². The summed E-state index contributed by atoms with van der Waals surface area (Å²) in [5.74, 6) is 0.315. The molecule has 11 heteroatoms. The Morgan fingerprint density at radius 2 is 1.75 bits per heavy atom. The van der Waals surface area contributed by atoms with Crippen molar-refractivity contribution in [3.63, 3.8) is 0 Å². The lowest BCUT2D eigenvalue weighted by Crippen LogP contribution is -2.27. The molecule has 0 saturated carbocycles. The minimum absolute atomic E-state index is 0.0393. The SMILES string of the molecule is CC(C)c1nn(-c2c(Cl)cc(Cl)cc2Cl)c2nc(Cc3ccc(NC(=O)CN(C)C)cc3)[nH]c(=O)c12. The quantitative estimate of drug-likeness (QED) is 0.328. The van der Waals surface area contributed by atoms with Crippen LogP contribution in [0.25, 0.3) is 16.7 Å². The molecule has 8 nitrogen and oxygen atoms in total. The van der Waals surface area contributed by atoms with Crippen LogP contribution in [0.5, 0.6) is 0 Å². The van der Waals surface area contributed by atoms with Gasteiger partial charge in [0.2, 0.25) is 5.91 Å². The highest BCUT2D eigenvalue weighted by Gasteiger charge is 2.23. The molecule has 0 aliphatic heterocycles. The van der Waals surface area contributed by atoms with Gasteiger partial charge in [0.05, 0.1) is 22.3 Å². The van der Waals surface area contributed by atoms with E-state index in [1.165, 1.54) is 4.68 Å². The molecule has 4 aromatic rings. The molecule has 0 atom stereocenters. The number of hydrogen-bond donors (Lipinski definition) is 2. The number of likely N-dealkylation sites (N-methyl/N-ethyl adjacent to an activating group) is 1. The molecule has 0 fully saturated rings. The molecule has 2 N–H and O–H groups in total. The standard InChI is InChI=1S/C25H25Cl3N6O2/c1-13(2)22-21-24(34(32-22)23-17(27)10-15(26)11-18(23)28)30-19(31-25(21)36)9-14-5-7-16(8-6-14)29-20(35)12-33(3)4/h5-8,10-11,13H,9,12H2,1-4H3,(H,29,35)(H,30,31,36). The Hall–Kier alpha value is -2.91. The fourth-order valence-electron chi connectivity index (χ4n) is 3.86. The first-order chi connectivity index (χ1) is 17.0. The maximum absolute atomic E-state index is 13.2. The van der Waals surface area contributed by atoms with E-state index in [0.29, 0.717) is 62.0 Å². The molecule has 36 heavy (non-hydrogen) atoms. The number of nitrogens with one attached hydrogen (secondary N) is 2. The number of halogens is 3. The number of benzene rings is 2. The van der Waals surface area contributed by atoms with E-state index in [0.717, 1.165) is 5.56 Å². The van der Waals surface area contributed by atoms with Crippen LogP contribution in [0.1, 0.15) is 36.8 Å². The zero-order chi connectivity index (χ0) is 26.1. The Morgan fingerprint density at radius 3 is 2.33 bits per heavy atom. The van der Waals surface area contributed by atoms with Gasteiger partial charge in [-0.3, -0.25) is 9.59 Å². The molecular formula is C25H25Cl3N6O2. The van der Waals surface area contributed by atoms with E-state index in [-0.39, 0.29) is 17.4 Å². The van der Waals surface area contributed by atoms with Crippen LogP contribution in [0.15, 0.2) is 41.2 Å². The van der Waals surface area contributed by atoms with Gasteiger partial charge in [0.15, 0.2) is 5.65 Å². The lowest BCUT2D eigenvalue weighted by atomic mass is 10.1. The molecule has 0 spiro atoms. The third kappa shape index (κ3) is 5.57. The van der Waals surface area contributed by atoms with Gasteiger partial charge < -0.3 is 15.2 Å². The van der Waals surface area contributed by atoms with Gasteiger partial charge in [-0.2, -0.15) is 5.10 Å². The first kappa shape index (κ1) is 26.2. The zero-order valence-corrected chi connectivity index (χ0v) is 22.5. The summed E-state index contributed by atoms with van der Waals surface area (Å²) >= 11 is 19.0. The van der Waals surface area contributed by atoms with Crippen molar-refractivity contribution >= 4 is 57.4 Å². The Morgan fingerprint density at radius 1 is 1.11 bits per heavy atom. The van der Waals surface area contributed by atoms with Gasteiger partial charge in [-0.25, -0.2) is 9.67 Å². The Bertz CT molecular complexity index is 1470. The highest BCUT2D eigenvalue weighted by atomic mass is 35.5. The summed E-state index contributed by atoms with van der Waals surface area (Å²) in [5.41, 5.74) is 2.65. The third-order valence-electron chi connectivity index (χ3n) is 5.42. The van der Waals surface area contributed by atoms with Crippen molar-refractivity contribution in [3.8, 4) is 5.69 Å². The predicted molar refractivity (Wildman–Crippen MR) is 145 cm³/mol. The maximum Gasteiger partial charge on any atom is 0.262 e. The van der Waals surface area contributed by atoms with Gasteiger partial charge in [-0.1, -0.05) is 60.8 Å². The van der Waals surface area contributed by atoms with Crippen LogP contribution in [0.4, 0.5) is 5.69 Å². The van der Waals surface area contributed by atoms with Crippen LogP contribution < -0.4 is 10.9 Å². The fraction of sp³-hybridized carbons (Fsp3) is 0.280. The van der Waals surface area contributed by atoms with Crippen molar-refractivity contribution in [3.05, 3.63) is 78.9 Å². The van der Waals surface area contributed by atoms with Crippen LogP contribution in [0.2, 0.25) is 15.1 Å². The van der Waals surface area contributed by atoms with Gasteiger partial charge in [-0.15, -0.1) is 0 Å². The number of aromatic nitrogens is 4. The number of hydrogen-bond acceptors (Lipinski definition) is 5. The van der Waals surface area contributed by atoms with E-state index >= 15 is 0 Å². The second kappa shape index (κ2) is 10.6. The monoisotopic (exact) mass is 546 g/mol. The van der Waals surface area contributed by atoms with Crippen LogP contribution >= 0.6 is 34.8 Å². The van der Waals surface area contributed by atoms with Crippen molar-refractivity contribution in [2.24, 2.45) is 0 Å². The number of anilines is 1. The number of rotatable bonds is 7. The molecular weight excluding hydrogens is 523 g/mol. The van der Waals surface area contributed by atoms with E-state index in [1.807, 2.05) is 52.2 Å². The smallest absolute Gasteiger partial charge is 0.262 e. The molecule has 2 aromatic heterocycles. The minimum atomic E-state index is -0.293. The van der Waals surface area contributed by atoms with Gasteiger partial charge in [-0.05, 0) is 49.8 Å². The molecule has 0 aliphatic carbocycles. The molecule has 0 radical (unpaired) electrons. The molecule has 0 unspecified atom stereocenters. The van der Waals surface area contributed by atoms with Crippen LogP contribution in [-0.2, 0) is 11.2 Å². The number of carbonyl (C=O) groups is 1. The van der Waals surface area contributed by atoms with E-state index < -0.39 is 0 Å². The fourth-order valence-corrected chi connectivity index (χ4v) is 4.84. The average Bonchev–Trinajstić information content (AvgIpc) is 3.14. The van der Waals surface area contributed by atoms with E-state index in [2.05, 4.69) is 15.4 Å². The molecule has 0 saturated heterocycles. The van der Waals surface area contributed by atoms with Crippen LogP contribution in [0.3, 0.4) is 0 Å². The Kier molecular flexibility index (Phi) is 7.70. The zero-order valence-electron chi connectivity index (χ0n) is 20.2. The first-order valence-corrected chi connectivity index (χ1v) is 12.4. The minimum Gasteiger partial charge on any atom is -0.325 e. The molecule has 1 amide bonds. The second-order valence-corrected chi connectivity index (χ2v) is 10.3. The third-order valence-corrected chi connectivity index (χ3v) is 6.22. The molecule has 188 valence electrons. The van der Waals surface area contributed by atoms with Gasteiger partial charge in [0.25, 0.3) is 5.56 Å².